The lowest BCUT2D eigenvalue weighted by Gasteiger charge is -2.19. The molecule has 0 aromatic carbocycles. The van der Waals surface area contributed by atoms with Crippen LogP contribution in [0.3, 0.4) is 0 Å². The van der Waals surface area contributed by atoms with Crippen LogP contribution in [0.2, 0.25) is 0 Å². The zero-order valence-corrected chi connectivity index (χ0v) is 29.5. The summed E-state index contributed by atoms with van der Waals surface area (Å²) in [4.78, 5) is 14.5. The summed E-state index contributed by atoms with van der Waals surface area (Å²) in [7, 11) is 0. The van der Waals surface area contributed by atoms with Gasteiger partial charge in [-0.15, -0.1) is 0 Å². The average Bonchev–Trinajstić information content (AvgIpc) is 3.05. The van der Waals surface area contributed by atoms with Crippen molar-refractivity contribution >= 4 is 5.97 Å². The minimum atomic E-state index is -0.476. The van der Waals surface area contributed by atoms with Gasteiger partial charge in [-0.3, -0.25) is 4.79 Å². The molecule has 0 fully saturated rings. The highest BCUT2D eigenvalue weighted by Gasteiger charge is 2.15. The van der Waals surface area contributed by atoms with Crippen LogP contribution in [0, 0.1) is 5.53 Å². The van der Waals surface area contributed by atoms with Crippen molar-refractivity contribution in [3.63, 3.8) is 0 Å². The van der Waals surface area contributed by atoms with E-state index >= 15 is 0 Å². The Morgan fingerprint density at radius 1 is 0.438 bits per heavy atom. The van der Waals surface area contributed by atoms with E-state index in [2.05, 4.69) is 10.0 Å². The number of nitrogens with zero attached hydrogens (tertiary/aromatic N) is 2. The standard InChI is InChI=1S/C31H62N3O14/c1-31(2,3)48-30(35)4-6-36-8-10-38-12-14-40-16-18-42-20-22-44-24-26-46-28-29-47-27-25-45-23-21-43-19-17-41-15-13-39-11-9-37-7-5-33-34-32/h32H,4-29H2,1-3H3/q+1. The Morgan fingerprint density at radius 3 is 0.896 bits per heavy atom. The molecule has 0 aromatic heterocycles. The molecule has 17 nitrogen and oxygen atoms in total. The van der Waals surface area contributed by atoms with Crippen molar-refractivity contribution in [3.05, 3.63) is 0 Å². The van der Waals surface area contributed by atoms with Crippen molar-refractivity contribution in [1.82, 2.24) is 4.91 Å². The predicted molar refractivity (Wildman–Crippen MR) is 172 cm³/mol. The van der Waals surface area contributed by atoms with Crippen molar-refractivity contribution < 1.29 is 66.4 Å². The van der Waals surface area contributed by atoms with Crippen LogP contribution in [-0.4, -0.2) is 177 Å². The van der Waals surface area contributed by atoms with Gasteiger partial charge in [0.05, 0.1) is 165 Å². The van der Waals surface area contributed by atoms with Crippen LogP contribution in [0.1, 0.15) is 27.2 Å². The van der Waals surface area contributed by atoms with Gasteiger partial charge in [0, 0.05) is 0 Å². The first kappa shape index (κ1) is 46.3. The fourth-order valence-electron chi connectivity index (χ4n) is 3.22. The Balaban J connectivity index is 3.10. The zero-order chi connectivity index (χ0) is 35.1. The first-order valence-corrected chi connectivity index (χ1v) is 16.6. The first-order valence-electron chi connectivity index (χ1n) is 16.6. The molecule has 0 atom stereocenters. The van der Waals surface area contributed by atoms with E-state index in [1.165, 1.54) is 0 Å². The molecule has 0 aliphatic heterocycles. The van der Waals surface area contributed by atoms with Crippen molar-refractivity contribution in [2.75, 3.05) is 165 Å². The molecule has 0 bridgehead atoms. The van der Waals surface area contributed by atoms with Crippen LogP contribution >= 0.6 is 0 Å². The largest absolute Gasteiger partial charge is 0.460 e. The number of ether oxygens (including phenoxy) is 13. The first-order chi connectivity index (χ1) is 23.5. The summed E-state index contributed by atoms with van der Waals surface area (Å²) in [6.07, 6.45) is 0.229. The fourth-order valence-corrected chi connectivity index (χ4v) is 3.22. The Labute approximate surface area is 285 Å². The molecule has 0 radical (unpaired) electrons. The molecule has 0 heterocycles. The Kier molecular flexibility index (Phi) is 36.8. The summed E-state index contributed by atoms with van der Waals surface area (Å²) < 4.78 is 70.3. The minimum Gasteiger partial charge on any atom is -0.460 e. The third-order valence-corrected chi connectivity index (χ3v) is 5.37. The smallest absolute Gasteiger partial charge is 0.308 e. The molecule has 0 amide bonds. The van der Waals surface area contributed by atoms with Crippen LogP contribution < -0.4 is 4.91 Å². The molecule has 1 N–H and O–H groups in total. The summed E-state index contributed by atoms with van der Waals surface area (Å²) in [6, 6.07) is 0. The van der Waals surface area contributed by atoms with E-state index in [4.69, 9.17) is 67.1 Å². The van der Waals surface area contributed by atoms with Crippen LogP contribution in [0.25, 0.3) is 0 Å². The van der Waals surface area contributed by atoms with Gasteiger partial charge >= 0.3 is 5.97 Å². The molecular weight excluding hydrogens is 638 g/mol. The Hall–Kier alpha value is -1.70. The summed E-state index contributed by atoms with van der Waals surface area (Å²) in [5, 5.41) is 3.48. The lowest BCUT2D eigenvalue weighted by atomic mass is 10.2. The van der Waals surface area contributed by atoms with E-state index in [-0.39, 0.29) is 12.4 Å². The van der Waals surface area contributed by atoms with Gasteiger partial charge in [0.1, 0.15) is 22.8 Å². The van der Waals surface area contributed by atoms with E-state index in [9.17, 15) is 4.79 Å². The Morgan fingerprint density at radius 2 is 0.667 bits per heavy atom. The highest BCUT2D eigenvalue weighted by atomic mass is 16.6. The van der Waals surface area contributed by atoms with Gasteiger partial charge in [-0.2, -0.15) is 0 Å². The molecule has 0 spiro atoms. The van der Waals surface area contributed by atoms with Gasteiger partial charge in [0.25, 0.3) is 0 Å². The predicted octanol–water partition coefficient (Wildman–Crippen LogP) is 1.47. The molecule has 0 unspecified atom stereocenters. The average molecular weight is 701 g/mol. The van der Waals surface area contributed by atoms with E-state index in [0.717, 1.165) is 0 Å². The third kappa shape index (κ3) is 42.3. The van der Waals surface area contributed by atoms with Gasteiger partial charge in [-0.05, 0) is 20.8 Å². The van der Waals surface area contributed by atoms with Gasteiger partial charge in [-0.1, -0.05) is 0 Å². The quantitative estimate of drug-likeness (QED) is 0.0420. The van der Waals surface area contributed by atoms with Crippen molar-refractivity contribution in [2.45, 2.75) is 32.8 Å². The number of rotatable bonds is 39. The molecule has 284 valence electrons. The summed E-state index contributed by atoms with van der Waals surface area (Å²) in [5.74, 6) is -0.268. The molecule has 17 heteroatoms. The minimum absolute atomic E-state index is 0.229. The number of hydrogen-bond donors (Lipinski definition) is 1. The number of carbonyl (C=O) groups is 1. The van der Waals surface area contributed by atoms with E-state index in [0.29, 0.717) is 165 Å². The number of hydrogen-bond acceptors (Lipinski definition) is 16. The second kappa shape index (κ2) is 38.1. The topological polar surface area (TPSA) is 187 Å². The molecule has 0 aromatic rings. The third-order valence-electron chi connectivity index (χ3n) is 5.37. The maximum atomic E-state index is 11.6. The monoisotopic (exact) mass is 700 g/mol. The van der Waals surface area contributed by atoms with Gasteiger partial charge in [0.2, 0.25) is 4.91 Å². The second-order valence-electron chi connectivity index (χ2n) is 10.6. The molecule has 0 aliphatic rings. The van der Waals surface area contributed by atoms with Crippen LogP contribution in [0.5, 0.6) is 0 Å². The number of esters is 1. The highest BCUT2D eigenvalue weighted by Crippen LogP contribution is 2.08. The molecule has 0 rings (SSSR count). The number of nitrogens with one attached hydrogen (secondary N) is 1. The molecule has 0 saturated heterocycles. The van der Waals surface area contributed by atoms with E-state index in [1.54, 1.807) is 0 Å². The van der Waals surface area contributed by atoms with Crippen LogP contribution in [-0.2, 0) is 66.4 Å². The Bertz CT molecular complexity index is 727. The van der Waals surface area contributed by atoms with Gasteiger partial charge in [0.15, 0.2) is 0 Å². The second-order valence-corrected chi connectivity index (χ2v) is 10.6. The van der Waals surface area contributed by atoms with Crippen molar-refractivity contribution in [3.8, 4) is 0 Å². The summed E-state index contributed by atoms with van der Waals surface area (Å²) in [5.41, 5.74) is 6.04. The molecule has 0 aliphatic carbocycles. The number of carbonyl (C=O) groups excluding carboxylic acids is 1. The van der Waals surface area contributed by atoms with Gasteiger partial charge in [-0.25, -0.2) is 0 Å². The van der Waals surface area contributed by atoms with E-state index in [1.807, 2.05) is 20.8 Å². The van der Waals surface area contributed by atoms with Crippen molar-refractivity contribution in [2.24, 2.45) is 5.11 Å². The molecular formula is C31H62N3O14+. The summed E-state index contributed by atoms with van der Waals surface area (Å²) in [6.45, 7) is 17.2. The lowest BCUT2D eigenvalue weighted by molar-refractivity contribution is -0.156. The van der Waals surface area contributed by atoms with Crippen molar-refractivity contribution in [1.29, 1.82) is 5.53 Å². The fraction of sp³-hybridized carbons (Fsp3) is 0.968. The van der Waals surface area contributed by atoms with E-state index < -0.39 is 5.60 Å². The van der Waals surface area contributed by atoms with Gasteiger partial charge < -0.3 is 61.6 Å². The SMILES string of the molecule is CC(C)(C)OC(=O)CCOCCOCCOCCOCCOCCOCCOCCOCCOCCOCCOCCOCCN=[N+]=N. The lowest BCUT2D eigenvalue weighted by Crippen LogP contribution is -2.24. The maximum absolute atomic E-state index is 11.6. The zero-order valence-electron chi connectivity index (χ0n) is 29.5. The molecule has 0 saturated carbocycles. The van der Waals surface area contributed by atoms with Crippen LogP contribution in [0.4, 0.5) is 0 Å². The molecule has 48 heavy (non-hydrogen) atoms. The summed E-state index contributed by atoms with van der Waals surface area (Å²) >= 11 is 0. The highest BCUT2D eigenvalue weighted by molar-refractivity contribution is 5.69. The van der Waals surface area contributed by atoms with Crippen LogP contribution in [0.15, 0.2) is 5.11 Å². The normalized spacial score (nSPS) is 11.6. The maximum Gasteiger partial charge on any atom is 0.308 e.